The minimum Gasteiger partial charge on any atom is -0.198 e. The lowest BCUT2D eigenvalue weighted by atomic mass is 9.90. The Morgan fingerprint density at radius 1 is 0.625 bits per heavy atom. The number of allylic oxidation sites excluding steroid dienone is 2. The monoisotopic (exact) mass is 331 g/mol. The molecule has 0 fully saturated rings. The summed E-state index contributed by atoms with van der Waals surface area (Å²) in [6, 6.07) is 2.30. The molecular weight excluding hydrogens is 290 g/mol. The molecule has 0 aromatic carbocycles. The lowest BCUT2D eigenvalue weighted by molar-refractivity contribution is 0.374. The number of nitrogens with zero attached hydrogens (tertiary/aromatic N) is 1. The fourth-order valence-corrected chi connectivity index (χ4v) is 3.41. The topological polar surface area (TPSA) is 23.8 Å². The summed E-state index contributed by atoms with van der Waals surface area (Å²) in [6.07, 6.45) is 25.9. The van der Waals surface area contributed by atoms with Gasteiger partial charge in [0.05, 0.1) is 6.07 Å². The summed E-state index contributed by atoms with van der Waals surface area (Å²) >= 11 is 0. The summed E-state index contributed by atoms with van der Waals surface area (Å²) in [6.45, 7) is 7.56. The molecule has 0 bridgehead atoms. The molecule has 138 valence electrons. The van der Waals surface area contributed by atoms with Gasteiger partial charge in [0.15, 0.2) is 0 Å². The zero-order chi connectivity index (χ0) is 17.7. The molecule has 0 unspecified atom stereocenters. The first-order valence-electron chi connectivity index (χ1n) is 10.4. The second-order valence-electron chi connectivity index (χ2n) is 7.18. The van der Waals surface area contributed by atoms with Gasteiger partial charge in [-0.05, 0) is 44.4 Å². The van der Waals surface area contributed by atoms with Gasteiger partial charge in [0.2, 0.25) is 0 Å². The molecule has 0 rings (SSSR count). The Bertz CT molecular complexity index is 290. The first-order valence-corrected chi connectivity index (χ1v) is 10.4. The van der Waals surface area contributed by atoms with Crippen LogP contribution in [0.3, 0.4) is 0 Å². The number of hydrogen-bond donors (Lipinski definition) is 0. The molecule has 0 amide bonds. The van der Waals surface area contributed by atoms with E-state index < -0.39 is 0 Å². The summed E-state index contributed by atoms with van der Waals surface area (Å²) in [5.41, 5.74) is 0. The van der Waals surface area contributed by atoms with Gasteiger partial charge in [-0.15, -0.1) is 13.2 Å². The van der Waals surface area contributed by atoms with E-state index in [-0.39, 0.29) is 0 Å². The van der Waals surface area contributed by atoms with E-state index in [1.807, 2.05) is 12.2 Å². The second kappa shape index (κ2) is 20.0. The van der Waals surface area contributed by atoms with Gasteiger partial charge in [-0.1, -0.05) is 76.4 Å². The van der Waals surface area contributed by atoms with Gasteiger partial charge in [0, 0.05) is 6.42 Å². The van der Waals surface area contributed by atoms with E-state index in [2.05, 4.69) is 19.2 Å². The molecule has 0 aromatic heterocycles. The van der Waals surface area contributed by atoms with E-state index in [1.54, 1.807) is 0 Å². The zero-order valence-corrected chi connectivity index (χ0v) is 16.1. The van der Waals surface area contributed by atoms with Crippen molar-refractivity contribution in [3.8, 4) is 6.07 Å². The van der Waals surface area contributed by atoms with Gasteiger partial charge in [-0.2, -0.15) is 5.26 Å². The molecule has 0 aliphatic rings. The van der Waals surface area contributed by atoms with Crippen LogP contribution in [-0.4, -0.2) is 0 Å². The van der Waals surface area contributed by atoms with E-state index in [1.165, 1.54) is 96.3 Å². The third kappa shape index (κ3) is 17.3. The number of hydrogen-bond acceptors (Lipinski definition) is 1. The van der Waals surface area contributed by atoms with Gasteiger partial charge in [0.25, 0.3) is 0 Å². The van der Waals surface area contributed by atoms with Crippen molar-refractivity contribution < 1.29 is 0 Å². The van der Waals surface area contributed by atoms with Crippen LogP contribution in [0, 0.1) is 17.2 Å². The molecule has 24 heavy (non-hydrogen) atoms. The zero-order valence-electron chi connectivity index (χ0n) is 16.1. The van der Waals surface area contributed by atoms with Crippen LogP contribution in [0.25, 0.3) is 0 Å². The van der Waals surface area contributed by atoms with Crippen LogP contribution >= 0.6 is 0 Å². The molecule has 0 saturated carbocycles. The summed E-state index contributed by atoms with van der Waals surface area (Å²) in [5, 5.41) is 8.75. The Morgan fingerprint density at radius 2 is 1.04 bits per heavy atom. The van der Waals surface area contributed by atoms with Crippen LogP contribution in [0.4, 0.5) is 0 Å². The molecule has 0 atom stereocenters. The third-order valence-corrected chi connectivity index (χ3v) is 4.94. The number of nitriles is 1. The average molecular weight is 332 g/mol. The minimum absolute atomic E-state index is 0.736. The Balaban J connectivity index is 3.70. The Morgan fingerprint density at radius 3 is 1.50 bits per heavy atom. The Labute approximate surface area is 152 Å². The van der Waals surface area contributed by atoms with E-state index in [0.717, 1.165) is 18.8 Å². The predicted molar refractivity (Wildman–Crippen MR) is 108 cm³/mol. The summed E-state index contributed by atoms with van der Waals surface area (Å²) < 4.78 is 0. The highest BCUT2D eigenvalue weighted by Crippen LogP contribution is 2.24. The van der Waals surface area contributed by atoms with Crippen molar-refractivity contribution in [2.75, 3.05) is 0 Å². The van der Waals surface area contributed by atoms with Crippen molar-refractivity contribution in [3.05, 3.63) is 25.3 Å². The average Bonchev–Trinajstić information content (AvgIpc) is 2.59. The van der Waals surface area contributed by atoms with E-state index >= 15 is 0 Å². The maximum absolute atomic E-state index is 8.75. The van der Waals surface area contributed by atoms with Crippen molar-refractivity contribution in [2.45, 2.75) is 109 Å². The molecule has 0 saturated heterocycles. The maximum atomic E-state index is 8.75. The molecule has 0 N–H and O–H groups in total. The van der Waals surface area contributed by atoms with Crippen molar-refractivity contribution >= 4 is 0 Å². The highest BCUT2D eigenvalue weighted by atomic mass is 14.2. The first kappa shape index (κ1) is 23.0. The maximum Gasteiger partial charge on any atom is 0.0621 e. The first-order chi connectivity index (χ1) is 11.8. The molecule has 1 heteroatoms. The lowest BCUT2D eigenvalue weighted by Gasteiger charge is -2.16. The van der Waals surface area contributed by atoms with E-state index in [0.29, 0.717) is 0 Å². The molecule has 1 nitrogen and oxygen atoms in total. The third-order valence-electron chi connectivity index (χ3n) is 4.94. The molecule has 0 aromatic rings. The van der Waals surface area contributed by atoms with Crippen LogP contribution in [-0.2, 0) is 0 Å². The fraction of sp³-hybridized carbons (Fsp3) is 0.783. The second-order valence-corrected chi connectivity index (χ2v) is 7.18. The van der Waals surface area contributed by atoms with Crippen molar-refractivity contribution in [1.82, 2.24) is 0 Å². The summed E-state index contributed by atoms with van der Waals surface area (Å²) in [5.74, 6) is 0.861. The minimum atomic E-state index is 0.736. The standard InChI is InChI=1S/C23H41N/c1-3-5-7-9-11-13-15-19-23(21-17-18-22-24)20-16-14-12-10-8-6-4-2/h3-4,23H,1-2,5-21H2. The molecule has 0 spiro atoms. The Kier molecular flexibility index (Phi) is 19.2. The van der Waals surface area contributed by atoms with Crippen LogP contribution in [0.1, 0.15) is 109 Å². The highest BCUT2D eigenvalue weighted by molar-refractivity contribution is 4.71. The van der Waals surface area contributed by atoms with Crippen molar-refractivity contribution in [1.29, 1.82) is 5.26 Å². The van der Waals surface area contributed by atoms with Gasteiger partial charge >= 0.3 is 0 Å². The van der Waals surface area contributed by atoms with Crippen LogP contribution in [0.15, 0.2) is 25.3 Å². The largest absolute Gasteiger partial charge is 0.198 e. The number of rotatable bonds is 19. The van der Waals surface area contributed by atoms with Crippen molar-refractivity contribution in [2.24, 2.45) is 5.92 Å². The SMILES string of the molecule is C=CCCCCCCCC(CCCC#N)CCCCCCCC=C. The van der Waals surface area contributed by atoms with E-state index in [4.69, 9.17) is 5.26 Å². The smallest absolute Gasteiger partial charge is 0.0621 e. The molecule has 0 radical (unpaired) electrons. The van der Waals surface area contributed by atoms with Crippen molar-refractivity contribution in [3.63, 3.8) is 0 Å². The number of unbranched alkanes of at least 4 members (excludes halogenated alkanes) is 11. The quantitative estimate of drug-likeness (QED) is 0.173. The van der Waals surface area contributed by atoms with Crippen LogP contribution < -0.4 is 0 Å². The molecule has 0 aliphatic carbocycles. The normalized spacial score (nSPS) is 10.7. The van der Waals surface area contributed by atoms with Gasteiger partial charge in [-0.25, -0.2) is 0 Å². The van der Waals surface area contributed by atoms with E-state index in [9.17, 15) is 0 Å². The Hall–Kier alpha value is -1.03. The molecule has 0 heterocycles. The molecule has 0 aliphatic heterocycles. The molecular formula is C23H41N. The van der Waals surface area contributed by atoms with Gasteiger partial charge in [0.1, 0.15) is 0 Å². The fourth-order valence-electron chi connectivity index (χ4n) is 3.41. The summed E-state index contributed by atoms with van der Waals surface area (Å²) in [7, 11) is 0. The lowest BCUT2D eigenvalue weighted by Crippen LogP contribution is -2.01. The van der Waals surface area contributed by atoms with Crippen LogP contribution in [0.5, 0.6) is 0 Å². The van der Waals surface area contributed by atoms with Crippen LogP contribution in [0.2, 0.25) is 0 Å². The summed E-state index contributed by atoms with van der Waals surface area (Å²) in [4.78, 5) is 0. The van der Waals surface area contributed by atoms with Gasteiger partial charge in [-0.3, -0.25) is 0 Å². The predicted octanol–water partition coefficient (Wildman–Crippen LogP) is 8.13. The highest BCUT2D eigenvalue weighted by Gasteiger charge is 2.08. The van der Waals surface area contributed by atoms with Gasteiger partial charge < -0.3 is 0 Å².